The fourth-order valence-electron chi connectivity index (χ4n) is 4.02. The van der Waals surface area contributed by atoms with Gasteiger partial charge < -0.3 is 15.0 Å². The number of likely N-dealkylation sites (tertiary alicyclic amines) is 1. The Morgan fingerprint density at radius 1 is 1.42 bits per heavy atom. The molecule has 0 aromatic carbocycles. The lowest BCUT2D eigenvalue weighted by Crippen LogP contribution is -2.52. The van der Waals surface area contributed by atoms with Gasteiger partial charge in [0.15, 0.2) is 0 Å². The molecule has 2 aromatic heterocycles. The topological polar surface area (TPSA) is 73.4 Å². The SMILES string of the molecule is CO[C@@H]1CN(CC2Cn3c(=O)ccc4ncc(F)c2c43)CC[C@@H]1N. The van der Waals surface area contributed by atoms with E-state index >= 15 is 0 Å². The molecule has 0 spiro atoms. The first-order valence-electron chi connectivity index (χ1n) is 8.27. The maximum atomic E-state index is 14.5. The number of hydrogen-bond donors (Lipinski definition) is 1. The van der Waals surface area contributed by atoms with Gasteiger partial charge in [-0.1, -0.05) is 0 Å². The van der Waals surface area contributed by atoms with E-state index in [1.54, 1.807) is 17.7 Å². The van der Waals surface area contributed by atoms with E-state index in [0.717, 1.165) is 19.5 Å². The average Bonchev–Trinajstić information content (AvgIpc) is 2.96. The molecule has 4 heterocycles. The van der Waals surface area contributed by atoms with Gasteiger partial charge in [0.25, 0.3) is 5.56 Å². The Labute approximate surface area is 139 Å². The molecule has 7 heteroatoms. The molecule has 4 rings (SSSR count). The minimum absolute atomic E-state index is 0.00689. The van der Waals surface area contributed by atoms with Crippen LogP contribution in [-0.2, 0) is 11.3 Å². The van der Waals surface area contributed by atoms with Crippen LogP contribution in [0, 0.1) is 5.82 Å². The summed E-state index contributed by atoms with van der Waals surface area (Å²) in [5.74, 6) is -0.390. The Morgan fingerprint density at radius 3 is 3.04 bits per heavy atom. The van der Waals surface area contributed by atoms with Gasteiger partial charge in [-0.3, -0.25) is 14.7 Å². The van der Waals surface area contributed by atoms with E-state index in [0.29, 0.717) is 29.7 Å². The molecular weight excluding hydrogens is 311 g/mol. The molecule has 1 fully saturated rings. The third kappa shape index (κ3) is 2.44. The summed E-state index contributed by atoms with van der Waals surface area (Å²) in [6.45, 7) is 2.77. The van der Waals surface area contributed by atoms with Crippen molar-refractivity contribution in [3.63, 3.8) is 0 Å². The van der Waals surface area contributed by atoms with Gasteiger partial charge in [0, 0.05) is 50.3 Å². The van der Waals surface area contributed by atoms with Crippen molar-refractivity contribution in [3.05, 3.63) is 40.1 Å². The summed E-state index contributed by atoms with van der Waals surface area (Å²) in [5, 5.41) is 0. The zero-order valence-corrected chi connectivity index (χ0v) is 13.6. The predicted octanol–water partition coefficient (Wildman–Crippen LogP) is 0.681. The number of nitrogens with two attached hydrogens (primary N) is 1. The van der Waals surface area contributed by atoms with Crippen LogP contribution < -0.4 is 11.3 Å². The molecule has 24 heavy (non-hydrogen) atoms. The highest BCUT2D eigenvalue weighted by Gasteiger charge is 2.33. The number of pyridine rings is 2. The third-order valence-corrected chi connectivity index (χ3v) is 5.28. The minimum atomic E-state index is -0.332. The van der Waals surface area contributed by atoms with Crippen LogP contribution >= 0.6 is 0 Å². The van der Waals surface area contributed by atoms with Crippen LogP contribution in [0.25, 0.3) is 11.0 Å². The lowest BCUT2D eigenvalue weighted by molar-refractivity contribution is 0.0145. The van der Waals surface area contributed by atoms with Crippen LogP contribution in [0.4, 0.5) is 4.39 Å². The molecule has 3 atom stereocenters. The second-order valence-corrected chi connectivity index (χ2v) is 6.72. The number of methoxy groups -OCH3 is 1. The summed E-state index contributed by atoms with van der Waals surface area (Å²) in [5.41, 5.74) is 7.89. The molecule has 0 aliphatic carbocycles. The van der Waals surface area contributed by atoms with Crippen molar-refractivity contribution >= 4 is 11.0 Å². The highest BCUT2D eigenvalue weighted by molar-refractivity contribution is 5.80. The van der Waals surface area contributed by atoms with E-state index in [1.807, 2.05) is 0 Å². The monoisotopic (exact) mass is 332 g/mol. The maximum Gasteiger partial charge on any atom is 0.251 e. The first-order valence-corrected chi connectivity index (χ1v) is 8.27. The van der Waals surface area contributed by atoms with Gasteiger partial charge in [0.1, 0.15) is 5.82 Å². The van der Waals surface area contributed by atoms with E-state index in [4.69, 9.17) is 10.5 Å². The molecular formula is C17H21FN4O2. The number of hydrogen-bond acceptors (Lipinski definition) is 5. The van der Waals surface area contributed by atoms with Crippen LogP contribution in [0.2, 0.25) is 0 Å². The van der Waals surface area contributed by atoms with Crippen molar-refractivity contribution < 1.29 is 9.13 Å². The smallest absolute Gasteiger partial charge is 0.251 e. The zero-order chi connectivity index (χ0) is 16.8. The Bertz CT molecular complexity index is 837. The molecule has 2 aromatic rings. The van der Waals surface area contributed by atoms with E-state index in [9.17, 15) is 9.18 Å². The molecule has 2 aliphatic rings. The van der Waals surface area contributed by atoms with Crippen LogP contribution in [0.1, 0.15) is 17.9 Å². The normalized spacial score (nSPS) is 27.0. The van der Waals surface area contributed by atoms with E-state index < -0.39 is 0 Å². The quantitative estimate of drug-likeness (QED) is 0.895. The number of piperidine rings is 1. The highest BCUT2D eigenvalue weighted by Crippen LogP contribution is 2.34. The molecule has 1 unspecified atom stereocenters. The average molecular weight is 332 g/mol. The van der Waals surface area contributed by atoms with Gasteiger partial charge in [-0.2, -0.15) is 0 Å². The number of halogens is 1. The second-order valence-electron chi connectivity index (χ2n) is 6.72. The molecule has 2 aliphatic heterocycles. The molecule has 0 bridgehead atoms. The fraction of sp³-hybridized carbons (Fsp3) is 0.529. The summed E-state index contributed by atoms with van der Waals surface area (Å²) in [6, 6.07) is 3.21. The Hall–Kier alpha value is -1.83. The van der Waals surface area contributed by atoms with E-state index in [-0.39, 0.29) is 29.4 Å². The van der Waals surface area contributed by atoms with E-state index in [2.05, 4.69) is 9.88 Å². The Kier molecular flexibility index (Phi) is 3.86. The van der Waals surface area contributed by atoms with Crippen molar-refractivity contribution in [2.75, 3.05) is 26.7 Å². The minimum Gasteiger partial charge on any atom is -0.379 e. The van der Waals surface area contributed by atoms with Crippen molar-refractivity contribution in [2.24, 2.45) is 5.73 Å². The summed E-state index contributed by atoms with van der Waals surface area (Å²) in [4.78, 5) is 18.5. The molecule has 0 saturated carbocycles. The standard InChI is InChI=1S/C17H21FN4O2/c1-24-14-9-21(5-4-12(14)19)7-10-8-22-15(23)3-2-13-17(22)16(10)11(18)6-20-13/h2-3,6,10,12,14H,4-5,7-9,19H2,1H3/t10?,12-,14+/m0/s1. The number of nitrogens with zero attached hydrogens (tertiary/aromatic N) is 3. The first-order chi connectivity index (χ1) is 11.6. The first kappa shape index (κ1) is 15.7. The van der Waals surface area contributed by atoms with Crippen molar-refractivity contribution in [3.8, 4) is 0 Å². The second kappa shape index (κ2) is 5.91. The van der Waals surface area contributed by atoms with Gasteiger partial charge in [-0.25, -0.2) is 4.39 Å². The van der Waals surface area contributed by atoms with Gasteiger partial charge >= 0.3 is 0 Å². The van der Waals surface area contributed by atoms with Crippen molar-refractivity contribution in [1.29, 1.82) is 0 Å². The highest BCUT2D eigenvalue weighted by atomic mass is 19.1. The predicted molar refractivity (Wildman–Crippen MR) is 88.5 cm³/mol. The van der Waals surface area contributed by atoms with Crippen molar-refractivity contribution in [1.82, 2.24) is 14.5 Å². The van der Waals surface area contributed by atoms with Crippen molar-refractivity contribution in [2.45, 2.75) is 31.0 Å². The summed E-state index contributed by atoms with van der Waals surface area (Å²) < 4.78 is 21.6. The van der Waals surface area contributed by atoms with Crippen LogP contribution in [0.3, 0.4) is 0 Å². The lowest BCUT2D eigenvalue weighted by atomic mass is 9.97. The molecule has 0 radical (unpaired) electrons. The Morgan fingerprint density at radius 2 is 2.25 bits per heavy atom. The number of rotatable bonds is 3. The van der Waals surface area contributed by atoms with Gasteiger partial charge in [-0.05, 0) is 19.0 Å². The lowest BCUT2D eigenvalue weighted by Gasteiger charge is -2.37. The van der Waals surface area contributed by atoms with Gasteiger partial charge in [0.2, 0.25) is 0 Å². The third-order valence-electron chi connectivity index (χ3n) is 5.28. The molecule has 1 saturated heterocycles. The summed E-state index contributed by atoms with van der Waals surface area (Å²) in [7, 11) is 1.67. The largest absolute Gasteiger partial charge is 0.379 e. The van der Waals surface area contributed by atoms with Crippen LogP contribution in [0.5, 0.6) is 0 Å². The Balaban J connectivity index is 1.65. The zero-order valence-electron chi connectivity index (χ0n) is 13.6. The number of ether oxygens (including phenoxy) is 1. The van der Waals surface area contributed by atoms with Gasteiger partial charge in [-0.15, -0.1) is 0 Å². The number of aromatic nitrogens is 2. The molecule has 0 amide bonds. The van der Waals surface area contributed by atoms with Crippen LogP contribution in [-0.4, -0.2) is 53.3 Å². The fourth-order valence-corrected chi connectivity index (χ4v) is 4.02. The summed E-state index contributed by atoms with van der Waals surface area (Å²) in [6.07, 6.45) is 2.11. The van der Waals surface area contributed by atoms with Crippen LogP contribution in [0.15, 0.2) is 23.1 Å². The summed E-state index contributed by atoms with van der Waals surface area (Å²) >= 11 is 0. The molecule has 128 valence electrons. The van der Waals surface area contributed by atoms with E-state index in [1.165, 1.54) is 12.3 Å². The van der Waals surface area contributed by atoms with Gasteiger partial charge in [0.05, 0.1) is 23.3 Å². The maximum absolute atomic E-state index is 14.5. The molecule has 6 nitrogen and oxygen atoms in total. The molecule has 2 N–H and O–H groups in total.